The van der Waals surface area contributed by atoms with Crippen LogP contribution >= 0.6 is 11.8 Å². The van der Waals surface area contributed by atoms with Crippen LogP contribution in [0.25, 0.3) is 0 Å². The standard InChI is InChI=1S/C22H28N2O3S/c25-22(18-8-1-2-10-21(18)28-16-17-7-5-13-26-17)23-15-19(20-9-6-14-27-20)24-11-3-4-12-24/h1-2,6,8-10,14,17,19H,3-5,7,11-13,15-16H2,(H,23,25). The summed E-state index contributed by atoms with van der Waals surface area (Å²) in [7, 11) is 0. The van der Waals surface area contributed by atoms with E-state index in [1.165, 1.54) is 12.8 Å². The molecular formula is C22H28N2O3S. The predicted octanol–water partition coefficient (Wildman–Crippen LogP) is 4.12. The molecule has 1 aromatic heterocycles. The number of hydrogen-bond donors (Lipinski definition) is 1. The third-order valence-corrected chi connectivity index (χ3v) is 6.69. The molecule has 0 saturated carbocycles. The highest BCUT2D eigenvalue weighted by molar-refractivity contribution is 7.99. The Labute approximate surface area is 170 Å². The molecule has 1 amide bonds. The number of ether oxygens (including phenoxy) is 1. The van der Waals surface area contributed by atoms with Crippen LogP contribution in [0.4, 0.5) is 0 Å². The summed E-state index contributed by atoms with van der Waals surface area (Å²) in [5, 5.41) is 3.15. The molecule has 2 aliphatic rings. The van der Waals surface area contributed by atoms with Crippen LogP contribution in [-0.2, 0) is 4.74 Å². The Morgan fingerprint density at radius 2 is 2.04 bits per heavy atom. The summed E-state index contributed by atoms with van der Waals surface area (Å²) in [6.45, 7) is 3.51. The molecule has 2 aliphatic heterocycles. The Balaban J connectivity index is 1.39. The van der Waals surface area contributed by atoms with Crippen molar-refractivity contribution in [3.8, 4) is 0 Å². The average molecular weight is 401 g/mol. The lowest BCUT2D eigenvalue weighted by Gasteiger charge is -2.26. The Morgan fingerprint density at radius 1 is 1.18 bits per heavy atom. The van der Waals surface area contributed by atoms with E-state index in [-0.39, 0.29) is 11.9 Å². The first-order chi connectivity index (χ1) is 13.8. The minimum atomic E-state index is -0.0220. The Bertz CT molecular complexity index is 753. The Kier molecular flexibility index (Phi) is 6.73. The molecule has 28 heavy (non-hydrogen) atoms. The SMILES string of the molecule is O=C(NCC(c1ccco1)N1CCCC1)c1ccccc1SCC1CCCO1. The molecule has 0 radical (unpaired) electrons. The second-order valence-corrected chi connectivity index (χ2v) is 8.49. The van der Waals surface area contributed by atoms with Crippen LogP contribution in [0.2, 0.25) is 0 Å². The molecule has 0 bridgehead atoms. The largest absolute Gasteiger partial charge is 0.468 e. The van der Waals surface area contributed by atoms with Crippen molar-refractivity contribution >= 4 is 17.7 Å². The number of nitrogens with zero attached hydrogens (tertiary/aromatic N) is 1. The number of carbonyl (C=O) groups is 1. The normalized spacial score (nSPS) is 21.1. The Hall–Kier alpha value is -1.76. The third kappa shape index (κ3) is 4.80. The lowest BCUT2D eigenvalue weighted by atomic mass is 10.1. The maximum absolute atomic E-state index is 12.9. The highest BCUT2D eigenvalue weighted by Crippen LogP contribution is 2.28. The van der Waals surface area contributed by atoms with E-state index >= 15 is 0 Å². The van der Waals surface area contributed by atoms with E-state index in [2.05, 4.69) is 10.2 Å². The lowest BCUT2D eigenvalue weighted by molar-refractivity contribution is 0.0930. The topological polar surface area (TPSA) is 54.7 Å². The number of benzene rings is 1. The molecular weight excluding hydrogens is 372 g/mol. The zero-order valence-electron chi connectivity index (χ0n) is 16.1. The molecule has 3 heterocycles. The van der Waals surface area contributed by atoms with Crippen molar-refractivity contribution in [2.75, 3.05) is 32.0 Å². The molecule has 2 atom stereocenters. The van der Waals surface area contributed by atoms with Crippen LogP contribution in [0, 0.1) is 0 Å². The van der Waals surface area contributed by atoms with Gasteiger partial charge in [-0.15, -0.1) is 11.8 Å². The summed E-state index contributed by atoms with van der Waals surface area (Å²) >= 11 is 1.72. The van der Waals surface area contributed by atoms with E-state index in [0.717, 1.165) is 54.5 Å². The van der Waals surface area contributed by atoms with Crippen molar-refractivity contribution in [3.63, 3.8) is 0 Å². The van der Waals surface area contributed by atoms with Gasteiger partial charge in [0.25, 0.3) is 5.91 Å². The monoisotopic (exact) mass is 400 g/mol. The fraction of sp³-hybridized carbons (Fsp3) is 0.500. The fourth-order valence-corrected chi connectivity index (χ4v) is 5.09. The number of rotatable bonds is 8. The zero-order valence-corrected chi connectivity index (χ0v) is 17.0. The molecule has 1 N–H and O–H groups in total. The Morgan fingerprint density at radius 3 is 2.79 bits per heavy atom. The van der Waals surface area contributed by atoms with Crippen LogP contribution in [0.1, 0.15) is 47.8 Å². The number of amides is 1. The van der Waals surface area contributed by atoms with Gasteiger partial charge in [0.15, 0.2) is 0 Å². The first-order valence-electron chi connectivity index (χ1n) is 10.2. The number of hydrogen-bond acceptors (Lipinski definition) is 5. The van der Waals surface area contributed by atoms with E-state index in [1.54, 1.807) is 18.0 Å². The molecule has 0 aliphatic carbocycles. The molecule has 5 nitrogen and oxygen atoms in total. The first-order valence-corrected chi connectivity index (χ1v) is 11.2. The van der Waals surface area contributed by atoms with Gasteiger partial charge < -0.3 is 14.5 Å². The van der Waals surface area contributed by atoms with Crippen LogP contribution in [0.15, 0.2) is 52.0 Å². The molecule has 150 valence electrons. The van der Waals surface area contributed by atoms with Gasteiger partial charge in [0, 0.05) is 23.8 Å². The maximum Gasteiger partial charge on any atom is 0.252 e. The van der Waals surface area contributed by atoms with Gasteiger partial charge in [-0.2, -0.15) is 0 Å². The van der Waals surface area contributed by atoms with E-state index < -0.39 is 0 Å². The summed E-state index contributed by atoms with van der Waals surface area (Å²) < 4.78 is 11.4. The highest BCUT2D eigenvalue weighted by Gasteiger charge is 2.26. The van der Waals surface area contributed by atoms with Gasteiger partial charge in [0.1, 0.15) is 5.76 Å². The average Bonchev–Trinajstić information content (AvgIpc) is 3.50. The quantitative estimate of drug-likeness (QED) is 0.676. The number of likely N-dealkylation sites (tertiary alicyclic amines) is 1. The summed E-state index contributed by atoms with van der Waals surface area (Å²) in [5.41, 5.74) is 0.741. The third-order valence-electron chi connectivity index (χ3n) is 5.49. The number of furan rings is 1. The molecule has 1 aromatic carbocycles. The fourth-order valence-electron chi connectivity index (χ4n) is 3.97. The maximum atomic E-state index is 12.9. The van der Waals surface area contributed by atoms with Crippen molar-refractivity contribution in [2.45, 2.75) is 42.7 Å². The second-order valence-electron chi connectivity index (χ2n) is 7.43. The van der Waals surface area contributed by atoms with E-state index in [0.29, 0.717) is 12.6 Å². The van der Waals surface area contributed by atoms with Crippen molar-refractivity contribution in [1.29, 1.82) is 0 Å². The highest BCUT2D eigenvalue weighted by atomic mass is 32.2. The molecule has 4 rings (SSSR count). The van der Waals surface area contributed by atoms with Gasteiger partial charge in [-0.3, -0.25) is 9.69 Å². The van der Waals surface area contributed by atoms with Gasteiger partial charge in [0.2, 0.25) is 0 Å². The zero-order chi connectivity index (χ0) is 19.2. The van der Waals surface area contributed by atoms with Crippen molar-refractivity contribution in [3.05, 3.63) is 54.0 Å². The minimum Gasteiger partial charge on any atom is -0.468 e. The van der Waals surface area contributed by atoms with Gasteiger partial charge >= 0.3 is 0 Å². The lowest BCUT2D eigenvalue weighted by Crippen LogP contribution is -2.36. The molecule has 2 aromatic rings. The summed E-state index contributed by atoms with van der Waals surface area (Å²) in [6.07, 6.45) is 6.67. The predicted molar refractivity (Wildman–Crippen MR) is 111 cm³/mol. The smallest absolute Gasteiger partial charge is 0.252 e. The summed E-state index contributed by atoms with van der Waals surface area (Å²) in [6, 6.07) is 11.9. The first kappa shape index (κ1) is 19.6. The molecule has 2 saturated heterocycles. The van der Waals surface area contributed by atoms with Crippen LogP contribution < -0.4 is 5.32 Å². The minimum absolute atomic E-state index is 0.0220. The number of thioether (sulfide) groups is 1. The van der Waals surface area contributed by atoms with Crippen LogP contribution in [-0.4, -0.2) is 48.9 Å². The number of carbonyl (C=O) groups excluding carboxylic acids is 1. The second kappa shape index (κ2) is 9.63. The van der Waals surface area contributed by atoms with Crippen molar-refractivity contribution in [1.82, 2.24) is 10.2 Å². The molecule has 6 heteroatoms. The molecule has 2 unspecified atom stereocenters. The summed E-state index contributed by atoms with van der Waals surface area (Å²) in [5.74, 6) is 1.79. The van der Waals surface area contributed by atoms with Crippen LogP contribution in [0.3, 0.4) is 0 Å². The summed E-state index contributed by atoms with van der Waals surface area (Å²) in [4.78, 5) is 16.4. The van der Waals surface area contributed by atoms with Gasteiger partial charge in [0.05, 0.1) is 24.0 Å². The van der Waals surface area contributed by atoms with E-state index in [1.807, 2.05) is 36.4 Å². The van der Waals surface area contributed by atoms with E-state index in [4.69, 9.17) is 9.15 Å². The van der Waals surface area contributed by atoms with Crippen molar-refractivity contribution < 1.29 is 13.9 Å². The van der Waals surface area contributed by atoms with Gasteiger partial charge in [-0.1, -0.05) is 12.1 Å². The van der Waals surface area contributed by atoms with Gasteiger partial charge in [-0.25, -0.2) is 0 Å². The van der Waals surface area contributed by atoms with E-state index in [9.17, 15) is 4.79 Å². The van der Waals surface area contributed by atoms with Crippen molar-refractivity contribution in [2.24, 2.45) is 0 Å². The molecule has 0 spiro atoms. The van der Waals surface area contributed by atoms with Gasteiger partial charge in [-0.05, 0) is 63.0 Å². The molecule has 2 fully saturated rings. The number of nitrogens with one attached hydrogen (secondary N) is 1. The van der Waals surface area contributed by atoms with Crippen LogP contribution in [0.5, 0.6) is 0 Å².